The van der Waals surface area contributed by atoms with Gasteiger partial charge in [-0.05, 0) is 24.5 Å². The maximum Gasteiger partial charge on any atom is 0.316 e. The molecule has 6 nitrogen and oxygen atoms in total. The highest BCUT2D eigenvalue weighted by atomic mass is 16.4. The minimum atomic E-state index is -0.843. The largest absolute Gasteiger partial charge is 0.481 e. The standard InChI is InChI=1S/C15H16N2O4/c18-12(19)9-15(5-6-15)10-3-1-2-4-11(10)17-8-7-16-13(20)14(17)21/h1-4H,5-9H2,(H,16,20)(H,18,19). The molecule has 1 aliphatic heterocycles. The predicted octanol–water partition coefficient (Wildman–Crippen LogP) is 0.656. The number of amides is 2. The minimum absolute atomic E-state index is 0.0538. The van der Waals surface area contributed by atoms with E-state index < -0.39 is 23.2 Å². The molecule has 2 amide bonds. The number of nitrogens with zero attached hydrogens (tertiary/aromatic N) is 1. The summed E-state index contributed by atoms with van der Waals surface area (Å²) in [5.74, 6) is -2.04. The first-order valence-electron chi connectivity index (χ1n) is 6.94. The maximum atomic E-state index is 12.0. The highest BCUT2D eigenvalue weighted by Gasteiger charge is 2.48. The lowest BCUT2D eigenvalue weighted by molar-refractivity contribution is -0.138. The van der Waals surface area contributed by atoms with Crippen LogP contribution in [0.1, 0.15) is 24.8 Å². The fraction of sp³-hybridized carbons (Fsp3) is 0.400. The van der Waals surface area contributed by atoms with Crippen molar-refractivity contribution in [2.45, 2.75) is 24.7 Å². The number of carboxylic acids is 1. The van der Waals surface area contributed by atoms with Gasteiger partial charge in [-0.15, -0.1) is 0 Å². The van der Waals surface area contributed by atoms with Crippen molar-refractivity contribution in [3.8, 4) is 0 Å². The van der Waals surface area contributed by atoms with Crippen molar-refractivity contribution in [1.82, 2.24) is 5.32 Å². The highest BCUT2D eigenvalue weighted by molar-refractivity contribution is 6.41. The number of hydrogen-bond donors (Lipinski definition) is 2. The van der Waals surface area contributed by atoms with Crippen molar-refractivity contribution >= 4 is 23.5 Å². The Hall–Kier alpha value is -2.37. The van der Waals surface area contributed by atoms with E-state index in [4.69, 9.17) is 5.11 Å². The van der Waals surface area contributed by atoms with Gasteiger partial charge < -0.3 is 15.3 Å². The van der Waals surface area contributed by atoms with Gasteiger partial charge >= 0.3 is 17.8 Å². The smallest absolute Gasteiger partial charge is 0.316 e. The van der Waals surface area contributed by atoms with E-state index in [2.05, 4.69) is 5.32 Å². The van der Waals surface area contributed by atoms with Gasteiger partial charge in [0, 0.05) is 24.2 Å². The molecule has 21 heavy (non-hydrogen) atoms. The van der Waals surface area contributed by atoms with Crippen molar-refractivity contribution in [1.29, 1.82) is 0 Å². The zero-order chi connectivity index (χ0) is 15.0. The molecule has 110 valence electrons. The Morgan fingerprint density at radius 3 is 2.67 bits per heavy atom. The number of hydrogen-bond acceptors (Lipinski definition) is 3. The maximum absolute atomic E-state index is 12.0. The Morgan fingerprint density at radius 1 is 1.29 bits per heavy atom. The summed E-state index contributed by atoms with van der Waals surface area (Å²) in [5.41, 5.74) is 1.13. The van der Waals surface area contributed by atoms with Crippen molar-refractivity contribution < 1.29 is 19.5 Å². The van der Waals surface area contributed by atoms with E-state index in [0.717, 1.165) is 18.4 Å². The van der Waals surface area contributed by atoms with Gasteiger partial charge in [0.1, 0.15) is 0 Å². The zero-order valence-electron chi connectivity index (χ0n) is 11.5. The van der Waals surface area contributed by atoms with E-state index in [1.54, 1.807) is 12.1 Å². The van der Waals surface area contributed by atoms with Gasteiger partial charge in [-0.3, -0.25) is 14.4 Å². The van der Waals surface area contributed by atoms with Crippen LogP contribution in [0.25, 0.3) is 0 Å². The molecule has 2 N–H and O–H groups in total. The van der Waals surface area contributed by atoms with Crippen LogP contribution in [0, 0.1) is 0 Å². The average Bonchev–Trinajstić information content (AvgIpc) is 3.22. The lowest BCUT2D eigenvalue weighted by atomic mass is 9.90. The second kappa shape index (κ2) is 4.87. The quantitative estimate of drug-likeness (QED) is 0.797. The summed E-state index contributed by atoms with van der Waals surface area (Å²) in [7, 11) is 0. The number of aliphatic carboxylic acids is 1. The molecular weight excluding hydrogens is 272 g/mol. The van der Waals surface area contributed by atoms with E-state index in [0.29, 0.717) is 18.8 Å². The number of carbonyl (C=O) groups is 3. The van der Waals surface area contributed by atoms with E-state index in [1.165, 1.54) is 4.90 Å². The number of benzene rings is 1. The van der Waals surface area contributed by atoms with E-state index >= 15 is 0 Å². The van der Waals surface area contributed by atoms with E-state index in [1.807, 2.05) is 12.1 Å². The third kappa shape index (κ3) is 2.37. The number of para-hydroxylation sites is 1. The Bertz CT molecular complexity index is 622. The third-order valence-electron chi connectivity index (χ3n) is 4.17. The van der Waals surface area contributed by atoms with Gasteiger partial charge in [-0.1, -0.05) is 18.2 Å². The number of rotatable bonds is 4. The fourth-order valence-corrected chi connectivity index (χ4v) is 2.95. The summed E-state index contributed by atoms with van der Waals surface area (Å²) < 4.78 is 0. The van der Waals surface area contributed by atoms with Crippen LogP contribution in [0.5, 0.6) is 0 Å². The van der Waals surface area contributed by atoms with Gasteiger partial charge in [0.15, 0.2) is 0 Å². The first kappa shape index (κ1) is 13.6. The number of anilines is 1. The summed E-state index contributed by atoms with van der Waals surface area (Å²) in [6.45, 7) is 0.815. The Morgan fingerprint density at radius 2 is 2.00 bits per heavy atom. The number of carbonyl (C=O) groups excluding carboxylic acids is 2. The van der Waals surface area contributed by atoms with Crippen molar-refractivity contribution in [3.05, 3.63) is 29.8 Å². The van der Waals surface area contributed by atoms with Gasteiger partial charge in [-0.2, -0.15) is 0 Å². The minimum Gasteiger partial charge on any atom is -0.481 e. The van der Waals surface area contributed by atoms with E-state index in [9.17, 15) is 14.4 Å². The van der Waals surface area contributed by atoms with Crippen molar-refractivity contribution in [2.24, 2.45) is 0 Å². The molecule has 6 heteroatoms. The SMILES string of the molecule is O=C(O)CC1(c2ccccc2N2CCNC(=O)C2=O)CC1. The first-order chi connectivity index (χ1) is 10.0. The molecule has 3 rings (SSSR count). The van der Waals surface area contributed by atoms with Crippen LogP contribution in [0.3, 0.4) is 0 Å². The van der Waals surface area contributed by atoms with Crippen LogP contribution in [-0.2, 0) is 19.8 Å². The molecule has 1 saturated heterocycles. The highest BCUT2D eigenvalue weighted by Crippen LogP contribution is 2.53. The molecule has 1 aromatic carbocycles. The normalized spacial score (nSPS) is 20.1. The molecular formula is C15H16N2O4. The molecule has 0 aromatic heterocycles. The Kier molecular flexibility index (Phi) is 3.16. The lowest BCUT2D eigenvalue weighted by Gasteiger charge is -2.30. The van der Waals surface area contributed by atoms with Crippen LogP contribution in [-0.4, -0.2) is 36.0 Å². The molecule has 0 atom stereocenters. The number of carboxylic acid groups (broad SMARTS) is 1. The molecule has 2 aliphatic rings. The molecule has 0 bridgehead atoms. The van der Waals surface area contributed by atoms with Gasteiger partial charge in [0.2, 0.25) is 0 Å². The molecule has 1 heterocycles. The molecule has 2 fully saturated rings. The summed E-state index contributed by atoms with van der Waals surface area (Å²) in [5, 5.41) is 11.6. The van der Waals surface area contributed by atoms with Gasteiger partial charge in [0.25, 0.3) is 0 Å². The second-order valence-electron chi connectivity index (χ2n) is 5.58. The monoisotopic (exact) mass is 288 g/mol. The molecule has 1 aromatic rings. The summed E-state index contributed by atoms with van der Waals surface area (Å²) in [4.78, 5) is 36.1. The third-order valence-corrected chi connectivity index (χ3v) is 4.17. The summed E-state index contributed by atoms with van der Waals surface area (Å²) in [6, 6.07) is 7.30. The second-order valence-corrected chi connectivity index (χ2v) is 5.58. The summed E-state index contributed by atoms with van der Waals surface area (Å²) in [6.07, 6.45) is 1.65. The Balaban J connectivity index is 1.99. The molecule has 0 spiro atoms. The molecule has 0 unspecified atom stereocenters. The first-order valence-corrected chi connectivity index (χ1v) is 6.94. The molecule has 1 saturated carbocycles. The summed E-state index contributed by atoms with van der Waals surface area (Å²) >= 11 is 0. The number of nitrogens with one attached hydrogen (secondary N) is 1. The van der Waals surface area contributed by atoms with Crippen LogP contribution >= 0.6 is 0 Å². The molecule has 1 aliphatic carbocycles. The van der Waals surface area contributed by atoms with Crippen molar-refractivity contribution in [3.63, 3.8) is 0 Å². The van der Waals surface area contributed by atoms with Crippen molar-refractivity contribution in [2.75, 3.05) is 18.0 Å². The Labute approximate surface area is 121 Å². The van der Waals surface area contributed by atoms with Gasteiger partial charge in [0.05, 0.1) is 6.42 Å². The predicted molar refractivity (Wildman–Crippen MR) is 75.0 cm³/mol. The zero-order valence-corrected chi connectivity index (χ0v) is 11.5. The van der Waals surface area contributed by atoms with Crippen LogP contribution in [0.2, 0.25) is 0 Å². The van der Waals surface area contributed by atoms with E-state index in [-0.39, 0.29) is 6.42 Å². The molecule has 0 radical (unpaired) electrons. The topological polar surface area (TPSA) is 86.7 Å². The lowest BCUT2D eigenvalue weighted by Crippen LogP contribution is -2.52. The van der Waals surface area contributed by atoms with Crippen LogP contribution in [0.15, 0.2) is 24.3 Å². The van der Waals surface area contributed by atoms with Crippen LogP contribution < -0.4 is 10.2 Å². The van der Waals surface area contributed by atoms with Gasteiger partial charge in [-0.25, -0.2) is 0 Å². The average molecular weight is 288 g/mol. The number of piperazine rings is 1. The fourth-order valence-electron chi connectivity index (χ4n) is 2.95. The van der Waals surface area contributed by atoms with Crippen LogP contribution in [0.4, 0.5) is 5.69 Å².